The molecule has 0 aromatic carbocycles. The van der Waals surface area contributed by atoms with E-state index in [0.717, 1.165) is 5.88 Å². The average molecular weight is 463 g/mol. The van der Waals surface area contributed by atoms with Crippen molar-refractivity contribution in [1.82, 2.24) is 0 Å². The molecule has 0 bridgehead atoms. The lowest BCUT2D eigenvalue weighted by Gasteiger charge is -2.35. The van der Waals surface area contributed by atoms with E-state index >= 15 is 0 Å². The Hall–Kier alpha value is 0.720. The minimum Gasteiger partial charge on any atom is -0.153 e. The maximum Gasteiger partial charge on any atom is 0.0223 e. The molecule has 0 aromatic rings. The van der Waals surface area contributed by atoms with E-state index < -0.39 is 0 Å². The largest absolute Gasteiger partial charge is 0.153 e. The lowest BCUT2D eigenvalue weighted by atomic mass is 9.71. The number of hydrogen-bond acceptors (Lipinski definition) is 0. The Morgan fingerprint density at radius 1 is 0.400 bits per heavy atom. The summed E-state index contributed by atoms with van der Waals surface area (Å²) in [5.41, 5.74) is 0.686. The molecule has 2 heteroatoms. The third-order valence-electron chi connectivity index (χ3n) is 7.02. The fourth-order valence-electron chi connectivity index (χ4n) is 4.94. The molecule has 0 aliphatic rings. The minimum atomic E-state index is 0. The Balaban J connectivity index is 0. The number of unbranched alkanes of at least 4 members (excludes halogenated alkanes) is 15. The lowest BCUT2D eigenvalue weighted by Crippen LogP contribution is -2.21. The van der Waals surface area contributed by atoms with E-state index in [-0.39, 0.29) is 9.90 Å². The SMILES string of the molecule is CCCCC(CCCC)(CCCC)CCCCCCCCCCCCCCCCl.P. The molecule has 0 amide bonds. The highest BCUT2D eigenvalue weighted by molar-refractivity contribution is 6.92. The second-order valence-electron chi connectivity index (χ2n) is 9.85. The summed E-state index contributed by atoms with van der Waals surface area (Å²) >= 11 is 5.73. The molecule has 184 valence electrons. The van der Waals surface area contributed by atoms with Crippen molar-refractivity contribution >= 4 is 21.5 Å². The van der Waals surface area contributed by atoms with Crippen LogP contribution >= 0.6 is 21.5 Å². The first-order valence-corrected chi connectivity index (χ1v) is 14.3. The van der Waals surface area contributed by atoms with Gasteiger partial charge in [-0.05, 0) is 37.5 Å². The minimum absolute atomic E-state index is 0. The summed E-state index contributed by atoms with van der Waals surface area (Å²) in [6.07, 6.45) is 33.0. The van der Waals surface area contributed by atoms with Crippen molar-refractivity contribution in [1.29, 1.82) is 0 Å². The van der Waals surface area contributed by atoms with Crippen molar-refractivity contribution in [3.05, 3.63) is 0 Å². The fraction of sp³-hybridized carbons (Fsp3) is 1.00. The van der Waals surface area contributed by atoms with Gasteiger partial charge in [-0.15, -0.1) is 11.6 Å². The third kappa shape index (κ3) is 20.6. The smallest absolute Gasteiger partial charge is 0.0223 e. The molecular formula is C28H60ClP. The Morgan fingerprint density at radius 2 is 0.667 bits per heavy atom. The second-order valence-corrected chi connectivity index (χ2v) is 10.2. The molecule has 0 heterocycles. The molecule has 0 aliphatic heterocycles. The van der Waals surface area contributed by atoms with Gasteiger partial charge in [-0.3, -0.25) is 0 Å². The van der Waals surface area contributed by atoms with Crippen molar-refractivity contribution in [2.24, 2.45) is 5.41 Å². The molecule has 0 N–H and O–H groups in total. The van der Waals surface area contributed by atoms with Crippen molar-refractivity contribution in [3.63, 3.8) is 0 Å². The Kier molecular flexibility index (Phi) is 28.5. The molecule has 0 nitrogen and oxygen atoms in total. The number of rotatable bonds is 24. The van der Waals surface area contributed by atoms with Gasteiger partial charge in [0.15, 0.2) is 0 Å². The summed E-state index contributed by atoms with van der Waals surface area (Å²) in [5.74, 6) is 0.844. The highest BCUT2D eigenvalue weighted by Gasteiger charge is 2.27. The summed E-state index contributed by atoms with van der Waals surface area (Å²) < 4.78 is 0. The van der Waals surface area contributed by atoms with E-state index in [1.807, 2.05) is 0 Å². The zero-order chi connectivity index (χ0) is 21.5. The topological polar surface area (TPSA) is 0 Å². The third-order valence-corrected chi connectivity index (χ3v) is 7.29. The first-order chi connectivity index (χ1) is 14.2. The van der Waals surface area contributed by atoms with Crippen LogP contribution in [0.5, 0.6) is 0 Å². The highest BCUT2D eigenvalue weighted by Crippen LogP contribution is 2.41. The molecule has 0 saturated heterocycles. The van der Waals surface area contributed by atoms with Gasteiger partial charge in [0.1, 0.15) is 0 Å². The average Bonchev–Trinajstić information content (AvgIpc) is 2.74. The molecule has 0 spiro atoms. The number of hydrogen-bond donors (Lipinski definition) is 0. The zero-order valence-corrected chi connectivity index (χ0v) is 23.7. The van der Waals surface area contributed by atoms with Crippen LogP contribution in [0.2, 0.25) is 0 Å². The van der Waals surface area contributed by atoms with E-state index in [1.165, 1.54) is 148 Å². The maximum atomic E-state index is 5.73. The van der Waals surface area contributed by atoms with Gasteiger partial charge in [-0.25, -0.2) is 0 Å². The molecular weight excluding hydrogens is 403 g/mol. The summed E-state index contributed by atoms with van der Waals surface area (Å²) in [6, 6.07) is 0. The highest BCUT2D eigenvalue weighted by atomic mass is 35.5. The summed E-state index contributed by atoms with van der Waals surface area (Å²) in [5, 5.41) is 0. The molecule has 0 rings (SSSR count). The van der Waals surface area contributed by atoms with Gasteiger partial charge < -0.3 is 0 Å². The van der Waals surface area contributed by atoms with Crippen LogP contribution in [0.4, 0.5) is 0 Å². The molecule has 0 fully saturated rings. The number of halogens is 1. The first kappa shape index (κ1) is 32.9. The first-order valence-electron chi connectivity index (χ1n) is 13.8. The van der Waals surface area contributed by atoms with Gasteiger partial charge >= 0.3 is 0 Å². The van der Waals surface area contributed by atoms with E-state index in [9.17, 15) is 0 Å². The van der Waals surface area contributed by atoms with Gasteiger partial charge in [0.2, 0.25) is 0 Å². The summed E-state index contributed by atoms with van der Waals surface area (Å²) in [6.45, 7) is 7.10. The number of alkyl halides is 1. The molecule has 30 heavy (non-hydrogen) atoms. The maximum absolute atomic E-state index is 5.73. The fourth-order valence-corrected chi connectivity index (χ4v) is 5.13. The van der Waals surface area contributed by atoms with E-state index in [1.54, 1.807) is 0 Å². The van der Waals surface area contributed by atoms with Crippen LogP contribution in [-0.2, 0) is 0 Å². The van der Waals surface area contributed by atoms with Crippen molar-refractivity contribution in [2.75, 3.05) is 5.88 Å². The van der Waals surface area contributed by atoms with Crippen LogP contribution in [0.15, 0.2) is 0 Å². The summed E-state index contributed by atoms with van der Waals surface area (Å²) in [4.78, 5) is 0. The lowest BCUT2D eigenvalue weighted by molar-refractivity contribution is 0.175. The quantitative estimate of drug-likeness (QED) is 0.0759. The normalized spacial score (nSPS) is 11.6. The van der Waals surface area contributed by atoms with Crippen molar-refractivity contribution < 1.29 is 0 Å². The van der Waals surface area contributed by atoms with Gasteiger partial charge in [-0.2, -0.15) is 9.90 Å². The van der Waals surface area contributed by atoms with Gasteiger partial charge in [-0.1, -0.05) is 136 Å². The molecule has 0 aromatic heterocycles. The Bertz CT molecular complexity index is 283. The standard InChI is InChI=1S/C28H57Cl.H3P/c1-4-7-23-28(24-8-5-2,25-9-6-3)26-21-19-17-15-13-11-10-12-14-16-18-20-22-27-29;/h4-27H2,1-3H3;1H3. The predicted octanol–water partition coefficient (Wildman–Crippen LogP) is 11.3. The van der Waals surface area contributed by atoms with Crippen molar-refractivity contribution in [2.45, 2.75) is 168 Å². The molecule has 0 radical (unpaired) electrons. The van der Waals surface area contributed by atoms with Crippen LogP contribution in [-0.4, -0.2) is 5.88 Å². The van der Waals surface area contributed by atoms with Crippen LogP contribution < -0.4 is 0 Å². The second kappa shape index (κ2) is 26.0. The van der Waals surface area contributed by atoms with Gasteiger partial charge in [0.05, 0.1) is 0 Å². The zero-order valence-electron chi connectivity index (χ0n) is 21.6. The van der Waals surface area contributed by atoms with Crippen LogP contribution in [0.25, 0.3) is 0 Å². The molecule has 0 aliphatic carbocycles. The molecule has 1 atom stereocenters. The molecule has 0 saturated carbocycles. The Morgan fingerprint density at radius 3 is 0.967 bits per heavy atom. The van der Waals surface area contributed by atoms with Crippen LogP contribution in [0, 0.1) is 5.41 Å². The van der Waals surface area contributed by atoms with Crippen molar-refractivity contribution in [3.8, 4) is 0 Å². The van der Waals surface area contributed by atoms with Crippen LogP contribution in [0.1, 0.15) is 168 Å². The predicted molar refractivity (Wildman–Crippen MR) is 147 cm³/mol. The van der Waals surface area contributed by atoms with E-state index in [2.05, 4.69) is 20.8 Å². The van der Waals surface area contributed by atoms with Gasteiger partial charge in [0, 0.05) is 5.88 Å². The monoisotopic (exact) mass is 462 g/mol. The summed E-state index contributed by atoms with van der Waals surface area (Å²) in [7, 11) is 0. The van der Waals surface area contributed by atoms with E-state index in [4.69, 9.17) is 11.6 Å². The molecule has 1 unspecified atom stereocenters. The van der Waals surface area contributed by atoms with Gasteiger partial charge in [0.25, 0.3) is 0 Å². The van der Waals surface area contributed by atoms with E-state index in [0.29, 0.717) is 5.41 Å². The Labute approximate surface area is 201 Å². The van der Waals surface area contributed by atoms with Crippen LogP contribution in [0.3, 0.4) is 0 Å².